The van der Waals surface area contributed by atoms with E-state index in [0.29, 0.717) is 52.2 Å². The number of benzene rings is 2. The second kappa shape index (κ2) is 11.6. The molecule has 48 heavy (non-hydrogen) atoms. The molecule has 2 bridgehead atoms. The first-order valence-electron chi connectivity index (χ1n) is 16.7. The Balaban J connectivity index is 1.23. The van der Waals surface area contributed by atoms with E-state index in [0.717, 1.165) is 58.7 Å². The van der Waals surface area contributed by atoms with E-state index in [1.807, 2.05) is 37.4 Å². The molecule has 0 radical (unpaired) electrons. The summed E-state index contributed by atoms with van der Waals surface area (Å²) in [5.74, 6) is 3.68. The Morgan fingerprint density at radius 1 is 0.979 bits per heavy atom. The van der Waals surface area contributed by atoms with Gasteiger partial charge in [-0.05, 0) is 85.9 Å². The zero-order chi connectivity index (χ0) is 33.3. The number of pyridine rings is 1. The highest BCUT2D eigenvalue weighted by Crippen LogP contribution is 2.44. The van der Waals surface area contributed by atoms with Crippen LogP contribution in [0.5, 0.6) is 11.5 Å². The number of para-hydroxylation sites is 1. The van der Waals surface area contributed by atoms with E-state index in [-0.39, 0.29) is 5.91 Å². The molecule has 0 spiro atoms. The molecule has 3 atom stereocenters. The van der Waals surface area contributed by atoms with Crippen LogP contribution in [0.25, 0.3) is 44.8 Å². The Morgan fingerprint density at radius 2 is 1.81 bits per heavy atom. The molecule has 1 aliphatic heterocycles. The van der Waals surface area contributed by atoms with Crippen LogP contribution in [0.2, 0.25) is 0 Å². The third kappa shape index (κ3) is 4.86. The van der Waals surface area contributed by atoms with E-state index in [1.165, 1.54) is 26.4 Å². The lowest BCUT2D eigenvalue weighted by molar-refractivity contribution is 0.0695. The molecule has 4 heterocycles. The van der Waals surface area contributed by atoms with Crippen molar-refractivity contribution >= 4 is 39.8 Å². The lowest BCUT2D eigenvalue weighted by atomic mass is 10.0. The number of amides is 2. The van der Waals surface area contributed by atoms with Gasteiger partial charge >= 0.3 is 6.09 Å². The van der Waals surface area contributed by atoms with Crippen LogP contribution >= 0.6 is 0 Å². The number of likely N-dealkylation sites (tertiary alicyclic amines) is 1. The fourth-order valence-electron chi connectivity index (χ4n) is 7.95. The minimum atomic E-state index is -0.579. The molecule has 3 aromatic heterocycles. The highest BCUT2D eigenvalue weighted by atomic mass is 16.5. The van der Waals surface area contributed by atoms with Crippen molar-refractivity contribution in [2.75, 3.05) is 33.2 Å². The van der Waals surface area contributed by atoms with Gasteiger partial charge in [-0.15, -0.1) is 0 Å². The third-order valence-corrected chi connectivity index (χ3v) is 10.7. The quantitative estimate of drug-likeness (QED) is 0.199. The third-order valence-electron chi connectivity index (χ3n) is 10.7. The van der Waals surface area contributed by atoms with Crippen molar-refractivity contribution in [2.45, 2.75) is 45.2 Å². The molecule has 11 heteroatoms. The Bertz CT molecular complexity index is 2100. The molecule has 8 rings (SSSR count). The van der Waals surface area contributed by atoms with Gasteiger partial charge < -0.3 is 28.2 Å². The van der Waals surface area contributed by atoms with Crippen LogP contribution in [0.3, 0.4) is 0 Å². The molecule has 3 fully saturated rings. The van der Waals surface area contributed by atoms with Gasteiger partial charge in [-0.3, -0.25) is 10.1 Å². The van der Waals surface area contributed by atoms with Crippen LogP contribution in [0, 0.1) is 17.8 Å². The first kappa shape index (κ1) is 30.3. The standard InChI is InChI=1S/C37H40N6O5/c1-20-23-12-14-29(20)43(19-23)36(44)24-15-28-32(31(17-24)46-3)41(2)35(39-28)30-16-22-11-13-26(38-34(22)42(30)18-21-9-10-21)25-7-6-8-27(33(25)47-4)40-37(45)48-5/h6-8,11,13,15-17,20-21,23,29H,9-10,12,14,18-19H2,1-5H3,(H,40,45)/t20-,23?,29?/m1/s1. The number of nitrogens with zero attached hydrogens (tertiary/aromatic N) is 5. The average molecular weight is 649 g/mol. The van der Waals surface area contributed by atoms with Crippen LogP contribution in [0.4, 0.5) is 10.5 Å². The van der Waals surface area contributed by atoms with Gasteiger partial charge in [0.2, 0.25) is 0 Å². The van der Waals surface area contributed by atoms with E-state index in [4.69, 9.17) is 24.2 Å². The molecule has 1 N–H and O–H groups in total. The monoisotopic (exact) mass is 648 g/mol. The minimum absolute atomic E-state index is 0.0577. The van der Waals surface area contributed by atoms with Gasteiger partial charge in [0, 0.05) is 42.7 Å². The van der Waals surface area contributed by atoms with E-state index >= 15 is 0 Å². The second-order valence-corrected chi connectivity index (χ2v) is 13.5. The number of methoxy groups -OCH3 is 3. The summed E-state index contributed by atoms with van der Waals surface area (Å²) >= 11 is 0. The number of rotatable bonds is 8. The molecule has 2 amide bonds. The molecule has 1 saturated heterocycles. The van der Waals surface area contributed by atoms with Gasteiger partial charge in [0.05, 0.1) is 43.9 Å². The van der Waals surface area contributed by atoms with Crippen LogP contribution in [0.1, 0.15) is 43.0 Å². The van der Waals surface area contributed by atoms with Crippen molar-refractivity contribution < 1.29 is 23.8 Å². The highest BCUT2D eigenvalue weighted by Gasteiger charge is 2.46. The van der Waals surface area contributed by atoms with Crippen molar-refractivity contribution in [2.24, 2.45) is 24.8 Å². The molecule has 248 valence electrons. The molecule has 5 aromatic rings. The largest absolute Gasteiger partial charge is 0.494 e. The summed E-state index contributed by atoms with van der Waals surface area (Å²) < 4.78 is 20.8. The number of piperidine rings is 1. The predicted molar refractivity (Wildman–Crippen MR) is 183 cm³/mol. The van der Waals surface area contributed by atoms with E-state index in [2.05, 4.69) is 38.4 Å². The number of aryl methyl sites for hydroxylation is 1. The summed E-state index contributed by atoms with van der Waals surface area (Å²) in [4.78, 5) is 38.2. The van der Waals surface area contributed by atoms with Crippen molar-refractivity contribution in [3.05, 3.63) is 54.1 Å². The zero-order valence-electron chi connectivity index (χ0n) is 27.9. The molecule has 2 aliphatic carbocycles. The zero-order valence-corrected chi connectivity index (χ0v) is 27.9. The van der Waals surface area contributed by atoms with Crippen LogP contribution in [-0.2, 0) is 18.3 Å². The van der Waals surface area contributed by atoms with Gasteiger partial charge in [-0.1, -0.05) is 13.0 Å². The number of hydrogen-bond acceptors (Lipinski definition) is 7. The molecule has 2 saturated carbocycles. The number of aromatic nitrogens is 4. The summed E-state index contributed by atoms with van der Waals surface area (Å²) in [6, 6.07) is 15.8. The number of carbonyl (C=O) groups is 2. The van der Waals surface area contributed by atoms with Crippen molar-refractivity contribution in [3.63, 3.8) is 0 Å². The minimum Gasteiger partial charge on any atom is -0.494 e. The number of carbonyl (C=O) groups excluding carboxylic acids is 2. The normalized spacial score (nSPS) is 20.1. The maximum absolute atomic E-state index is 13.8. The lowest BCUT2D eigenvalue weighted by Crippen LogP contribution is -2.38. The molecule has 11 nitrogen and oxygen atoms in total. The van der Waals surface area contributed by atoms with E-state index < -0.39 is 6.09 Å². The fraction of sp³-hybridized carbons (Fsp3) is 0.405. The van der Waals surface area contributed by atoms with E-state index in [1.54, 1.807) is 20.3 Å². The highest BCUT2D eigenvalue weighted by molar-refractivity contribution is 6.00. The number of imidazole rings is 1. The Labute approximate surface area is 278 Å². The van der Waals surface area contributed by atoms with Crippen molar-refractivity contribution in [1.29, 1.82) is 0 Å². The topological polar surface area (TPSA) is 113 Å². The lowest BCUT2D eigenvalue weighted by Gasteiger charge is -2.27. The molecular formula is C37H40N6O5. The molecule has 2 unspecified atom stereocenters. The molecular weight excluding hydrogens is 608 g/mol. The Morgan fingerprint density at radius 3 is 2.50 bits per heavy atom. The van der Waals surface area contributed by atoms with Crippen molar-refractivity contribution in [3.8, 4) is 34.3 Å². The van der Waals surface area contributed by atoms with Crippen LogP contribution in [0.15, 0.2) is 48.5 Å². The van der Waals surface area contributed by atoms with Gasteiger partial charge in [0.15, 0.2) is 11.6 Å². The van der Waals surface area contributed by atoms with Crippen LogP contribution < -0.4 is 14.8 Å². The predicted octanol–water partition coefficient (Wildman–Crippen LogP) is 6.73. The SMILES string of the molecule is COC(=O)Nc1cccc(-c2ccc3cc(-c4nc5cc(C(=O)N6CC7CCC6[C@@H]7C)cc(OC)c5n4C)n(CC4CC4)c3n2)c1OC. The fourth-order valence-corrected chi connectivity index (χ4v) is 7.95. The summed E-state index contributed by atoms with van der Waals surface area (Å²) in [6.45, 7) is 3.92. The molecule has 2 aromatic carbocycles. The van der Waals surface area contributed by atoms with E-state index in [9.17, 15) is 9.59 Å². The maximum atomic E-state index is 13.8. The number of nitrogens with one attached hydrogen (secondary N) is 1. The number of hydrogen-bond donors (Lipinski definition) is 1. The number of ether oxygens (including phenoxy) is 3. The van der Waals surface area contributed by atoms with Gasteiger partial charge in [0.25, 0.3) is 5.91 Å². The number of fused-ring (bicyclic) bond motifs is 4. The number of anilines is 1. The molecule has 3 aliphatic rings. The van der Waals surface area contributed by atoms with Gasteiger partial charge in [-0.25, -0.2) is 14.8 Å². The summed E-state index contributed by atoms with van der Waals surface area (Å²) in [6.07, 6.45) is 4.05. The first-order chi connectivity index (χ1) is 23.3. The Hall–Kier alpha value is -5.06. The average Bonchev–Trinajstić information content (AvgIpc) is 3.51. The van der Waals surface area contributed by atoms with Gasteiger partial charge in [0.1, 0.15) is 16.9 Å². The summed E-state index contributed by atoms with van der Waals surface area (Å²) in [5.41, 5.74) is 5.95. The smallest absolute Gasteiger partial charge is 0.411 e. The van der Waals surface area contributed by atoms with Crippen LogP contribution in [-0.4, -0.2) is 69.9 Å². The van der Waals surface area contributed by atoms with Gasteiger partial charge in [-0.2, -0.15) is 0 Å². The summed E-state index contributed by atoms with van der Waals surface area (Å²) in [5, 5.41) is 3.72. The maximum Gasteiger partial charge on any atom is 0.411 e. The second-order valence-electron chi connectivity index (χ2n) is 13.5. The first-order valence-corrected chi connectivity index (χ1v) is 16.7. The van der Waals surface area contributed by atoms with Crippen molar-refractivity contribution in [1.82, 2.24) is 24.0 Å². The summed E-state index contributed by atoms with van der Waals surface area (Å²) in [7, 11) is 6.54. The Kier molecular flexibility index (Phi) is 7.30.